The molecule has 4 rings (SSSR count). The first-order valence-corrected chi connectivity index (χ1v) is 10.6. The van der Waals surface area contributed by atoms with Crippen LogP contribution in [-0.2, 0) is 4.79 Å². The third-order valence-electron chi connectivity index (χ3n) is 5.05. The van der Waals surface area contributed by atoms with Crippen LogP contribution < -0.4 is 15.4 Å². The Morgan fingerprint density at radius 3 is 2.82 bits per heavy atom. The van der Waals surface area contributed by atoms with Gasteiger partial charge in [-0.3, -0.25) is 4.79 Å². The Bertz CT molecular complexity index is 1350. The number of halogens is 1. The van der Waals surface area contributed by atoms with Crippen LogP contribution >= 0.6 is 0 Å². The van der Waals surface area contributed by atoms with Crippen LogP contribution in [-0.4, -0.2) is 53.5 Å². The fourth-order valence-corrected chi connectivity index (χ4v) is 3.44. The number of fused-ring (bicyclic) bond motifs is 1. The lowest BCUT2D eigenvalue weighted by atomic mass is 10.1. The first-order valence-electron chi connectivity index (χ1n) is 10.6. The maximum Gasteiger partial charge on any atom is 0.248 e. The quantitative estimate of drug-likeness (QED) is 0.334. The number of anilines is 3. The van der Waals surface area contributed by atoms with E-state index < -0.39 is 11.7 Å². The Balaban J connectivity index is 1.60. The molecule has 0 aliphatic heterocycles. The second-order valence-electron chi connectivity index (χ2n) is 7.82. The lowest BCUT2D eigenvalue weighted by Crippen LogP contribution is -2.13. The summed E-state index contributed by atoms with van der Waals surface area (Å²) in [6, 6.07) is 12.4. The van der Waals surface area contributed by atoms with E-state index in [1.165, 1.54) is 25.3 Å². The zero-order valence-corrected chi connectivity index (χ0v) is 19.1. The standard InChI is InChI=1S/C25H25FN6O2/c1-32(2)12-6-9-24(33)29-21-14-22(23(34-3)13-18(21)26)31-25-27-11-10-20(30-25)17-15-28-19-8-5-4-7-16(17)19/h4-11,13-15,28H,12H2,1-3H3,(H,29,33)(H,27,30,31). The Labute approximate surface area is 196 Å². The van der Waals surface area contributed by atoms with Crippen molar-refractivity contribution in [1.82, 2.24) is 19.9 Å². The predicted octanol–water partition coefficient (Wildman–Crippen LogP) is 4.57. The van der Waals surface area contributed by atoms with Gasteiger partial charge in [-0.05, 0) is 32.3 Å². The molecule has 0 fully saturated rings. The number of hydrogen-bond acceptors (Lipinski definition) is 6. The number of benzene rings is 2. The van der Waals surface area contributed by atoms with Crippen molar-refractivity contribution in [1.29, 1.82) is 0 Å². The van der Waals surface area contributed by atoms with Crippen molar-refractivity contribution in [3.05, 3.63) is 72.8 Å². The molecular formula is C25H25FN6O2. The second kappa shape index (κ2) is 10.1. The molecule has 0 saturated heterocycles. The monoisotopic (exact) mass is 460 g/mol. The fourth-order valence-electron chi connectivity index (χ4n) is 3.44. The van der Waals surface area contributed by atoms with Crippen molar-refractivity contribution >= 4 is 34.1 Å². The molecular weight excluding hydrogens is 435 g/mol. The molecule has 9 heteroatoms. The number of aromatic amines is 1. The molecule has 0 aliphatic rings. The van der Waals surface area contributed by atoms with Crippen LogP contribution in [0.3, 0.4) is 0 Å². The number of nitrogens with one attached hydrogen (secondary N) is 3. The van der Waals surface area contributed by atoms with Gasteiger partial charge in [0.05, 0.1) is 24.2 Å². The van der Waals surface area contributed by atoms with Gasteiger partial charge in [-0.2, -0.15) is 0 Å². The Morgan fingerprint density at radius 2 is 2.03 bits per heavy atom. The number of amides is 1. The summed E-state index contributed by atoms with van der Waals surface area (Å²) < 4.78 is 19.9. The minimum absolute atomic E-state index is 0.00980. The van der Waals surface area contributed by atoms with E-state index in [2.05, 4.69) is 25.6 Å². The van der Waals surface area contributed by atoms with Crippen molar-refractivity contribution in [3.63, 3.8) is 0 Å². The lowest BCUT2D eigenvalue weighted by molar-refractivity contribution is -0.111. The van der Waals surface area contributed by atoms with Crippen molar-refractivity contribution in [2.75, 3.05) is 38.4 Å². The summed E-state index contributed by atoms with van der Waals surface area (Å²) in [5.74, 6) is -0.504. The number of carbonyl (C=O) groups excluding carboxylic acids is 1. The van der Waals surface area contributed by atoms with Gasteiger partial charge in [0.1, 0.15) is 5.75 Å². The molecule has 2 heterocycles. The maximum absolute atomic E-state index is 14.6. The average molecular weight is 461 g/mol. The number of para-hydroxylation sites is 1. The van der Waals surface area contributed by atoms with Crippen molar-refractivity contribution < 1.29 is 13.9 Å². The number of methoxy groups -OCH3 is 1. The molecule has 0 saturated carbocycles. The molecule has 0 aliphatic carbocycles. The van der Waals surface area contributed by atoms with Crippen molar-refractivity contribution in [2.24, 2.45) is 0 Å². The number of H-pyrrole nitrogens is 1. The van der Waals surface area contributed by atoms with Gasteiger partial charge in [0, 0.05) is 47.5 Å². The van der Waals surface area contributed by atoms with Crippen LogP contribution in [0, 0.1) is 5.82 Å². The smallest absolute Gasteiger partial charge is 0.248 e. The SMILES string of the molecule is COc1cc(F)c(NC(=O)C=CCN(C)C)cc1Nc1nccc(-c2c[nH]c3ccccc23)n1. The van der Waals surface area contributed by atoms with E-state index in [-0.39, 0.29) is 11.4 Å². The lowest BCUT2D eigenvalue weighted by Gasteiger charge is -2.14. The maximum atomic E-state index is 14.6. The van der Waals surface area contributed by atoms with Crippen LogP contribution in [0.5, 0.6) is 5.75 Å². The molecule has 34 heavy (non-hydrogen) atoms. The highest BCUT2D eigenvalue weighted by atomic mass is 19.1. The van der Waals surface area contributed by atoms with E-state index in [4.69, 9.17) is 4.74 Å². The second-order valence-corrected chi connectivity index (χ2v) is 7.82. The Hall–Kier alpha value is -4.24. The normalized spacial score (nSPS) is 11.3. The molecule has 3 N–H and O–H groups in total. The largest absolute Gasteiger partial charge is 0.494 e. The minimum Gasteiger partial charge on any atom is -0.494 e. The number of aromatic nitrogens is 3. The molecule has 174 valence electrons. The molecule has 0 bridgehead atoms. The summed E-state index contributed by atoms with van der Waals surface area (Å²) >= 11 is 0. The summed E-state index contributed by atoms with van der Waals surface area (Å²) in [7, 11) is 5.21. The first-order chi connectivity index (χ1) is 16.4. The molecule has 4 aromatic rings. The Kier molecular flexibility index (Phi) is 6.84. The summed E-state index contributed by atoms with van der Waals surface area (Å²) in [6.45, 7) is 0.593. The van der Waals surface area contributed by atoms with E-state index in [1.54, 1.807) is 12.3 Å². The van der Waals surface area contributed by atoms with Crippen LogP contribution in [0.4, 0.5) is 21.7 Å². The van der Waals surface area contributed by atoms with Gasteiger partial charge in [-0.25, -0.2) is 14.4 Å². The zero-order chi connectivity index (χ0) is 24.1. The van der Waals surface area contributed by atoms with Crippen LogP contribution in [0.15, 0.2) is 67.0 Å². The van der Waals surface area contributed by atoms with Gasteiger partial charge >= 0.3 is 0 Å². The summed E-state index contributed by atoms with van der Waals surface area (Å²) in [6.07, 6.45) is 6.60. The third-order valence-corrected chi connectivity index (χ3v) is 5.05. The topological polar surface area (TPSA) is 95.2 Å². The summed E-state index contributed by atoms with van der Waals surface area (Å²) in [5.41, 5.74) is 3.08. The molecule has 0 spiro atoms. The summed E-state index contributed by atoms with van der Waals surface area (Å²) in [4.78, 5) is 26.2. The van der Waals surface area contributed by atoms with Gasteiger partial charge in [0.25, 0.3) is 0 Å². The summed E-state index contributed by atoms with van der Waals surface area (Å²) in [5, 5.41) is 6.67. The Morgan fingerprint density at radius 1 is 1.21 bits per heavy atom. The van der Waals surface area contributed by atoms with Crippen LogP contribution in [0.2, 0.25) is 0 Å². The minimum atomic E-state index is -0.620. The third kappa shape index (κ3) is 5.21. The highest BCUT2D eigenvalue weighted by Gasteiger charge is 2.14. The zero-order valence-electron chi connectivity index (χ0n) is 19.1. The average Bonchev–Trinajstić information content (AvgIpc) is 3.25. The van der Waals surface area contributed by atoms with Crippen molar-refractivity contribution in [3.8, 4) is 17.0 Å². The predicted molar refractivity (Wildman–Crippen MR) is 132 cm³/mol. The van der Waals surface area contributed by atoms with Crippen LogP contribution in [0.25, 0.3) is 22.2 Å². The number of rotatable bonds is 8. The highest BCUT2D eigenvalue weighted by Crippen LogP contribution is 2.33. The number of hydrogen-bond donors (Lipinski definition) is 3. The molecule has 2 aromatic heterocycles. The molecule has 8 nitrogen and oxygen atoms in total. The van der Waals surface area contributed by atoms with Gasteiger partial charge in [0.15, 0.2) is 5.82 Å². The van der Waals surface area contributed by atoms with E-state index in [0.29, 0.717) is 18.2 Å². The van der Waals surface area contributed by atoms with Crippen molar-refractivity contribution in [2.45, 2.75) is 0 Å². The molecule has 0 radical (unpaired) electrons. The van der Waals surface area contributed by atoms with E-state index >= 15 is 0 Å². The first kappa shape index (κ1) is 22.9. The number of likely N-dealkylation sites (N-methyl/N-ethyl adjacent to an activating group) is 1. The highest BCUT2D eigenvalue weighted by molar-refractivity contribution is 6.00. The number of carbonyl (C=O) groups is 1. The van der Waals surface area contributed by atoms with E-state index in [9.17, 15) is 9.18 Å². The molecule has 0 atom stereocenters. The number of ether oxygens (including phenoxy) is 1. The molecule has 2 aromatic carbocycles. The van der Waals surface area contributed by atoms with E-state index in [0.717, 1.165) is 22.2 Å². The fraction of sp³-hybridized carbons (Fsp3) is 0.160. The molecule has 0 unspecified atom stereocenters. The van der Waals surface area contributed by atoms with Gasteiger partial charge in [0.2, 0.25) is 11.9 Å². The van der Waals surface area contributed by atoms with Crippen LogP contribution in [0.1, 0.15) is 0 Å². The van der Waals surface area contributed by atoms with Gasteiger partial charge < -0.3 is 25.3 Å². The van der Waals surface area contributed by atoms with Gasteiger partial charge in [-0.15, -0.1) is 0 Å². The van der Waals surface area contributed by atoms with E-state index in [1.807, 2.05) is 55.5 Å². The van der Waals surface area contributed by atoms with Gasteiger partial charge in [-0.1, -0.05) is 24.3 Å². The number of nitrogens with zero attached hydrogens (tertiary/aromatic N) is 3. The molecule has 1 amide bonds.